The van der Waals surface area contributed by atoms with Gasteiger partial charge in [0.25, 0.3) is 0 Å². The van der Waals surface area contributed by atoms with E-state index in [2.05, 4.69) is 9.80 Å². The van der Waals surface area contributed by atoms with Crippen LogP contribution in [0.1, 0.15) is 100 Å². The molecular formula is C37H52N2O5. The highest BCUT2D eigenvalue weighted by atomic mass is 16.5. The number of benzene rings is 2. The molecule has 6 rings (SSSR count). The molecule has 0 aromatic heterocycles. The number of Topliss-reactive ketones (excluding diaryl/α,β-unsaturated/α-hetero) is 1. The number of hydrogen-bond donors (Lipinski definition) is 0. The number of hydrogen-bond acceptors (Lipinski definition) is 7. The number of ketones is 1. The number of unbranched alkanes of at least 4 members (excludes halogenated alkanes) is 2. The number of rotatable bonds is 14. The average molecular weight is 605 g/mol. The highest BCUT2D eigenvalue weighted by Crippen LogP contribution is 2.43. The summed E-state index contributed by atoms with van der Waals surface area (Å²) in [7, 11) is 0. The quantitative estimate of drug-likeness (QED) is 0.216. The number of likely N-dealkylation sites (tertiary alicyclic amines) is 2. The largest absolute Gasteiger partial charge is 0.493 e. The summed E-state index contributed by atoms with van der Waals surface area (Å²) < 4.78 is 24.2. The van der Waals surface area contributed by atoms with Crippen molar-refractivity contribution in [3.63, 3.8) is 0 Å². The van der Waals surface area contributed by atoms with Gasteiger partial charge in [0.15, 0.2) is 0 Å². The Balaban J connectivity index is 0.994. The van der Waals surface area contributed by atoms with Gasteiger partial charge >= 0.3 is 0 Å². The molecule has 0 spiro atoms. The molecule has 7 heteroatoms. The SMILES string of the molecule is O=C(C1CCOc2cc(OCCCCN3CCCCC3)ccc21)C1CCOc2cc(OCCCCN3CCCCC3)ccc21. The topological polar surface area (TPSA) is 60.5 Å². The van der Waals surface area contributed by atoms with Crippen LogP contribution in [0.4, 0.5) is 0 Å². The Hall–Kier alpha value is -2.77. The molecule has 0 amide bonds. The van der Waals surface area contributed by atoms with E-state index in [0.717, 1.165) is 59.8 Å². The Kier molecular flexibility index (Phi) is 11.3. The summed E-state index contributed by atoms with van der Waals surface area (Å²) in [6, 6.07) is 12.1. The lowest BCUT2D eigenvalue weighted by atomic mass is 9.78. The zero-order valence-corrected chi connectivity index (χ0v) is 26.6. The number of nitrogens with zero attached hydrogens (tertiary/aromatic N) is 2. The third-order valence-electron chi connectivity index (χ3n) is 9.91. The van der Waals surface area contributed by atoms with Crippen molar-refractivity contribution in [1.82, 2.24) is 9.80 Å². The van der Waals surface area contributed by atoms with Crippen LogP contribution in [-0.4, -0.2) is 81.3 Å². The minimum Gasteiger partial charge on any atom is -0.493 e. The molecule has 7 nitrogen and oxygen atoms in total. The predicted molar refractivity (Wildman–Crippen MR) is 174 cm³/mol. The molecule has 240 valence electrons. The minimum atomic E-state index is -0.177. The molecule has 0 bridgehead atoms. The maximum Gasteiger partial charge on any atom is 0.148 e. The molecule has 2 unspecified atom stereocenters. The van der Waals surface area contributed by atoms with E-state index < -0.39 is 0 Å². The van der Waals surface area contributed by atoms with E-state index in [1.165, 1.54) is 77.8 Å². The summed E-state index contributed by atoms with van der Waals surface area (Å²) in [5.74, 6) is 3.13. The number of carbonyl (C=O) groups excluding carboxylic acids is 1. The number of ether oxygens (including phenoxy) is 4. The molecule has 2 fully saturated rings. The lowest BCUT2D eigenvalue weighted by Gasteiger charge is -2.31. The molecule has 2 aromatic carbocycles. The van der Waals surface area contributed by atoms with Gasteiger partial charge in [0.1, 0.15) is 28.8 Å². The van der Waals surface area contributed by atoms with Crippen LogP contribution < -0.4 is 18.9 Å². The molecule has 44 heavy (non-hydrogen) atoms. The van der Waals surface area contributed by atoms with E-state index in [4.69, 9.17) is 18.9 Å². The Morgan fingerprint density at radius 3 is 1.55 bits per heavy atom. The summed E-state index contributed by atoms with van der Waals surface area (Å²) in [6.45, 7) is 9.83. The second-order valence-electron chi connectivity index (χ2n) is 13.1. The van der Waals surface area contributed by atoms with Crippen LogP contribution in [-0.2, 0) is 4.79 Å². The van der Waals surface area contributed by atoms with Gasteiger partial charge in [-0.05, 0) is 116 Å². The molecule has 2 saturated heterocycles. The van der Waals surface area contributed by atoms with E-state index in [9.17, 15) is 4.79 Å². The van der Waals surface area contributed by atoms with Crippen molar-refractivity contribution in [2.24, 2.45) is 0 Å². The average Bonchev–Trinajstić information content (AvgIpc) is 3.08. The fourth-order valence-corrected chi connectivity index (χ4v) is 7.37. The van der Waals surface area contributed by atoms with Gasteiger partial charge in [-0.1, -0.05) is 25.0 Å². The van der Waals surface area contributed by atoms with E-state index in [1.807, 2.05) is 36.4 Å². The van der Waals surface area contributed by atoms with Gasteiger partial charge in [-0.2, -0.15) is 0 Å². The van der Waals surface area contributed by atoms with Crippen molar-refractivity contribution in [2.45, 2.75) is 88.9 Å². The lowest BCUT2D eigenvalue weighted by Crippen LogP contribution is -2.30. The minimum absolute atomic E-state index is 0.177. The first-order chi connectivity index (χ1) is 21.7. The number of piperidine rings is 2. The number of fused-ring (bicyclic) bond motifs is 2. The van der Waals surface area contributed by atoms with Crippen molar-refractivity contribution < 1.29 is 23.7 Å². The van der Waals surface area contributed by atoms with Crippen LogP contribution in [0.5, 0.6) is 23.0 Å². The van der Waals surface area contributed by atoms with Gasteiger partial charge < -0.3 is 28.7 Å². The van der Waals surface area contributed by atoms with Crippen LogP contribution in [0.2, 0.25) is 0 Å². The fourth-order valence-electron chi connectivity index (χ4n) is 7.37. The van der Waals surface area contributed by atoms with Crippen LogP contribution in [0.15, 0.2) is 36.4 Å². The molecular weight excluding hydrogens is 552 g/mol. The third kappa shape index (κ3) is 8.28. The molecule has 2 atom stereocenters. The Morgan fingerprint density at radius 1 is 0.636 bits per heavy atom. The predicted octanol–water partition coefficient (Wildman–Crippen LogP) is 6.98. The Labute approximate surface area is 264 Å². The lowest BCUT2D eigenvalue weighted by molar-refractivity contribution is -0.123. The van der Waals surface area contributed by atoms with Crippen LogP contribution in [0.3, 0.4) is 0 Å². The first kappa shape index (κ1) is 31.2. The van der Waals surface area contributed by atoms with Gasteiger partial charge in [-0.25, -0.2) is 0 Å². The van der Waals surface area contributed by atoms with Crippen molar-refractivity contribution >= 4 is 5.78 Å². The second kappa shape index (κ2) is 16.0. The zero-order valence-electron chi connectivity index (χ0n) is 26.6. The molecule has 4 aliphatic rings. The summed E-state index contributed by atoms with van der Waals surface area (Å²) in [5.41, 5.74) is 1.97. The molecule has 0 radical (unpaired) electrons. The smallest absolute Gasteiger partial charge is 0.148 e. The maximum absolute atomic E-state index is 14.0. The van der Waals surface area contributed by atoms with E-state index in [1.54, 1.807) is 0 Å². The van der Waals surface area contributed by atoms with Crippen LogP contribution >= 0.6 is 0 Å². The van der Waals surface area contributed by atoms with E-state index >= 15 is 0 Å². The second-order valence-corrected chi connectivity index (χ2v) is 13.1. The first-order valence-electron chi connectivity index (χ1n) is 17.5. The summed E-state index contributed by atoms with van der Waals surface area (Å²) in [5, 5.41) is 0. The number of carbonyl (C=O) groups is 1. The monoisotopic (exact) mass is 604 g/mol. The molecule has 0 N–H and O–H groups in total. The Bertz CT molecular complexity index is 1110. The molecule has 2 aromatic rings. The molecule has 0 saturated carbocycles. The van der Waals surface area contributed by atoms with Crippen molar-refractivity contribution in [2.75, 3.05) is 65.7 Å². The molecule has 4 aliphatic heterocycles. The van der Waals surface area contributed by atoms with Gasteiger partial charge in [-0.15, -0.1) is 0 Å². The third-order valence-corrected chi connectivity index (χ3v) is 9.91. The van der Waals surface area contributed by atoms with E-state index in [-0.39, 0.29) is 17.6 Å². The summed E-state index contributed by atoms with van der Waals surface area (Å²) in [6.07, 6.45) is 13.9. The van der Waals surface area contributed by atoms with Gasteiger partial charge in [0.05, 0.1) is 38.3 Å². The normalized spacial score (nSPS) is 22.3. The van der Waals surface area contributed by atoms with Crippen molar-refractivity contribution in [3.8, 4) is 23.0 Å². The highest BCUT2D eigenvalue weighted by molar-refractivity contribution is 5.93. The van der Waals surface area contributed by atoms with Gasteiger partial charge in [-0.3, -0.25) is 4.79 Å². The zero-order chi connectivity index (χ0) is 30.0. The Morgan fingerprint density at radius 2 is 1.09 bits per heavy atom. The van der Waals surface area contributed by atoms with Crippen molar-refractivity contribution in [1.29, 1.82) is 0 Å². The highest BCUT2D eigenvalue weighted by Gasteiger charge is 2.36. The molecule has 4 heterocycles. The van der Waals surface area contributed by atoms with Crippen LogP contribution in [0.25, 0.3) is 0 Å². The van der Waals surface area contributed by atoms with Gasteiger partial charge in [0, 0.05) is 23.3 Å². The van der Waals surface area contributed by atoms with Gasteiger partial charge in [0.2, 0.25) is 0 Å². The summed E-state index contributed by atoms with van der Waals surface area (Å²) in [4.78, 5) is 19.2. The fraction of sp³-hybridized carbons (Fsp3) is 0.649. The van der Waals surface area contributed by atoms with Crippen LogP contribution in [0, 0.1) is 0 Å². The van der Waals surface area contributed by atoms with Crippen molar-refractivity contribution in [3.05, 3.63) is 47.5 Å². The molecule has 0 aliphatic carbocycles. The first-order valence-corrected chi connectivity index (χ1v) is 17.5. The standard InChI is InChI=1S/C37H52N2O5/c40-37(33-15-25-43-35-27-29(11-13-31(33)35)41-23-9-7-21-38-17-3-1-4-18-38)34-16-26-44-36-28-30(12-14-32(34)36)42-24-10-8-22-39-19-5-2-6-20-39/h11-14,27-28,33-34H,1-10,15-26H2. The van der Waals surface area contributed by atoms with E-state index in [0.29, 0.717) is 39.3 Å². The maximum atomic E-state index is 14.0. The summed E-state index contributed by atoms with van der Waals surface area (Å²) >= 11 is 0.